The van der Waals surface area contributed by atoms with Crippen molar-refractivity contribution >= 4 is 34.3 Å². The van der Waals surface area contributed by atoms with Crippen LogP contribution in [0.15, 0.2) is 67.0 Å². The van der Waals surface area contributed by atoms with Gasteiger partial charge in [0.25, 0.3) is 5.91 Å². The van der Waals surface area contributed by atoms with Crippen molar-refractivity contribution in [3.8, 4) is 11.1 Å². The van der Waals surface area contributed by atoms with Crippen LogP contribution in [0.3, 0.4) is 0 Å². The highest BCUT2D eigenvalue weighted by atomic mass is 19.1. The minimum absolute atomic E-state index is 0.0364. The molecule has 0 aliphatic heterocycles. The molecule has 1 aliphatic carbocycles. The molecule has 2 aromatic carbocycles. The van der Waals surface area contributed by atoms with Crippen molar-refractivity contribution in [3.05, 3.63) is 83.9 Å². The van der Waals surface area contributed by atoms with Gasteiger partial charge in [-0.2, -0.15) is 4.98 Å². The van der Waals surface area contributed by atoms with E-state index >= 15 is 0 Å². The van der Waals surface area contributed by atoms with Gasteiger partial charge in [-0.15, -0.1) is 5.10 Å². The number of halogens is 1. The maximum atomic E-state index is 13.7. The second-order valence-electron chi connectivity index (χ2n) is 10.1. The first kappa shape index (κ1) is 24.8. The third-order valence-electron chi connectivity index (χ3n) is 7.14. The molecule has 2 N–H and O–H groups in total. The highest BCUT2D eigenvalue weighted by molar-refractivity contribution is 6.08. The molecule has 5 aromatic rings. The summed E-state index contributed by atoms with van der Waals surface area (Å²) in [7, 11) is 0. The van der Waals surface area contributed by atoms with E-state index in [0.29, 0.717) is 22.7 Å². The minimum atomic E-state index is -0.356. The van der Waals surface area contributed by atoms with E-state index in [9.17, 15) is 14.0 Å². The zero-order valence-electron chi connectivity index (χ0n) is 21.8. The average molecular weight is 525 g/mol. The van der Waals surface area contributed by atoms with Gasteiger partial charge in [0, 0.05) is 35.8 Å². The molecule has 3 heterocycles. The number of rotatable bonds is 8. The van der Waals surface area contributed by atoms with Gasteiger partial charge in [0.15, 0.2) is 5.65 Å². The fraction of sp³-hybridized carbons (Fsp3) is 0.267. The number of carbonyl (C=O) groups is 2. The zero-order chi connectivity index (χ0) is 27.1. The van der Waals surface area contributed by atoms with Crippen LogP contribution in [0, 0.1) is 11.7 Å². The van der Waals surface area contributed by atoms with Crippen LogP contribution >= 0.6 is 0 Å². The van der Waals surface area contributed by atoms with E-state index in [4.69, 9.17) is 0 Å². The number of aryl methyl sites for hydroxylation is 1. The summed E-state index contributed by atoms with van der Waals surface area (Å²) < 4.78 is 17.5. The number of nitrogens with zero attached hydrogens (tertiary/aromatic N) is 4. The SMILES string of the molecule is CCCn1cc(C(=O)N[C@@H](C)c2cccc(F)c2)c2cc(-c3ccn4nc(NC(=O)C5CC5)nc4c3)ccc21. The molecular weight excluding hydrogens is 495 g/mol. The van der Waals surface area contributed by atoms with Crippen molar-refractivity contribution in [3.63, 3.8) is 0 Å². The average Bonchev–Trinajstić information content (AvgIpc) is 3.61. The van der Waals surface area contributed by atoms with E-state index in [0.717, 1.165) is 47.8 Å². The minimum Gasteiger partial charge on any atom is -0.347 e. The molecule has 3 aromatic heterocycles. The summed E-state index contributed by atoms with van der Waals surface area (Å²) in [6.45, 7) is 4.73. The first-order valence-electron chi connectivity index (χ1n) is 13.3. The van der Waals surface area contributed by atoms with Crippen molar-refractivity contribution in [1.29, 1.82) is 0 Å². The number of nitrogens with one attached hydrogen (secondary N) is 2. The Kier molecular flexibility index (Phi) is 6.34. The summed E-state index contributed by atoms with van der Waals surface area (Å²) in [5, 5.41) is 11.0. The standard InChI is InChI=1S/C30H29FN6O2/c1-3-12-36-17-25(29(39)32-18(2)20-5-4-6-23(31)14-20)24-15-21(9-10-26(24)36)22-11-13-37-27(16-22)33-30(35-37)34-28(38)19-7-8-19/h4-6,9-11,13-19H,3,7-8,12H2,1-2H3,(H,32,39)(H,34,35,38)/t18-/m0/s1. The van der Waals surface area contributed by atoms with Crippen LogP contribution in [-0.4, -0.2) is 31.0 Å². The molecule has 0 saturated heterocycles. The van der Waals surface area contributed by atoms with E-state index in [1.807, 2.05) is 49.6 Å². The lowest BCUT2D eigenvalue weighted by Crippen LogP contribution is -2.26. The quantitative estimate of drug-likeness (QED) is 0.271. The van der Waals surface area contributed by atoms with Crippen molar-refractivity contribution < 1.29 is 14.0 Å². The second kappa shape index (κ2) is 9.98. The molecule has 1 aliphatic rings. The number of hydrogen-bond acceptors (Lipinski definition) is 4. The van der Waals surface area contributed by atoms with Crippen LogP contribution in [0.2, 0.25) is 0 Å². The molecule has 39 heavy (non-hydrogen) atoms. The lowest BCUT2D eigenvalue weighted by molar-refractivity contribution is -0.117. The molecule has 0 unspecified atom stereocenters. The molecule has 0 radical (unpaired) electrons. The third kappa shape index (κ3) is 4.99. The molecule has 2 amide bonds. The summed E-state index contributed by atoms with van der Waals surface area (Å²) in [4.78, 5) is 30.0. The summed E-state index contributed by atoms with van der Waals surface area (Å²) in [6.07, 6.45) is 6.45. The topological polar surface area (TPSA) is 93.3 Å². The van der Waals surface area contributed by atoms with Crippen LogP contribution in [0.5, 0.6) is 0 Å². The Morgan fingerprint density at radius 3 is 2.69 bits per heavy atom. The van der Waals surface area contributed by atoms with E-state index in [1.165, 1.54) is 12.1 Å². The number of fused-ring (bicyclic) bond motifs is 2. The normalized spacial score (nSPS) is 14.0. The highest BCUT2D eigenvalue weighted by Crippen LogP contribution is 2.31. The van der Waals surface area contributed by atoms with Crippen molar-refractivity contribution in [2.45, 2.75) is 45.7 Å². The molecule has 1 fully saturated rings. The number of carbonyl (C=O) groups excluding carboxylic acids is 2. The Hall–Kier alpha value is -4.53. The van der Waals surface area contributed by atoms with Crippen LogP contribution in [0.25, 0.3) is 27.7 Å². The number of benzene rings is 2. The van der Waals surface area contributed by atoms with E-state index < -0.39 is 0 Å². The number of pyridine rings is 1. The Bertz CT molecular complexity index is 1720. The molecular formula is C30H29FN6O2. The van der Waals surface area contributed by atoms with Gasteiger partial charge in [-0.1, -0.05) is 25.1 Å². The number of anilines is 1. The number of aromatic nitrogens is 4. The molecule has 8 nitrogen and oxygen atoms in total. The van der Waals surface area contributed by atoms with Gasteiger partial charge in [0.1, 0.15) is 5.82 Å². The van der Waals surface area contributed by atoms with Crippen LogP contribution in [0.1, 0.15) is 55.1 Å². The second-order valence-corrected chi connectivity index (χ2v) is 10.1. The Morgan fingerprint density at radius 1 is 1.10 bits per heavy atom. The van der Waals surface area contributed by atoms with Gasteiger partial charge in [0.2, 0.25) is 11.9 Å². The monoisotopic (exact) mass is 524 g/mol. The fourth-order valence-electron chi connectivity index (χ4n) is 4.89. The summed E-state index contributed by atoms with van der Waals surface area (Å²) in [5.74, 6) is -0.219. The Balaban J connectivity index is 1.32. The van der Waals surface area contributed by atoms with Gasteiger partial charge in [-0.05, 0) is 79.3 Å². The lowest BCUT2D eigenvalue weighted by Gasteiger charge is -2.14. The zero-order valence-corrected chi connectivity index (χ0v) is 21.8. The molecule has 0 spiro atoms. The largest absolute Gasteiger partial charge is 0.347 e. The third-order valence-corrected chi connectivity index (χ3v) is 7.14. The summed E-state index contributed by atoms with van der Waals surface area (Å²) in [5.41, 5.74) is 4.70. The lowest BCUT2D eigenvalue weighted by atomic mass is 10.0. The van der Waals surface area contributed by atoms with E-state index in [-0.39, 0.29) is 29.6 Å². The van der Waals surface area contributed by atoms with Gasteiger partial charge in [0.05, 0.1) is 11.6 Å². The molecule has 1 saturated carbocycles. The predicted octanol–water partition coefficient (Wildman–Crippen LogP) is 5.74. The Labute approximate surface area is 224 Å². The van der Waals surface area contributed by atoms with Crippen molar-refractivity contribution in [2.75, 3.05) is 5.32 Å². The summed E-state index contributed by atoms with van der Waals surface area (Å²) in [6, 6.07) is 15.8. The fourth-order valence-corrected chi connectivity index (χ4v) is 4.89. The van der Waals surface area contributed by atoms with Crippen LogP contribution in [0.4, 0.5) is 10.3 Å². The first-order chi connectivity index (χ1) is 18.9. The Morgan fingerprint density at radius 2 is 1.92 bits per heavy atom. The summed E-state index contributed by atoms with van der Waals surface area (Å²) >= 11 is 0. The van der Waals surface area contributed by atoms with Crippen LogP contribution in [-0.2, 0) is 11.3 Å². The van der Waals surface area contributed by atoms with E-state index in [1.54, 1.807) is 16.6 Å². The van der Waals surface area contributed by atoms with Crippen LogP contribution < -0.4 is 10.6 Å². The molecule has 1 atom stereocenters. The maximum Gasteiger partial charge on any atom is 0.253 e. The van der Waals surface area contributed by atoms with Crippen molar-refractivity contribution in [1.82, 2.24) is 24.5 Å². The maximum absolute atomic E-state index is 13.7. The smallest absolute Gasteiger partial charge is 0.253 e. The molecule has 6 rings (SSSR count). The van der Waals surface area contributed by atoms with Gasteiger partial charge in [-0.25, -0.2) is 8.91 Å². The number of hydrogen-bond donors (Lipinski definition) is 2. The van der Waals surface area contributed by atoms with Gasteiger partial charge < -0.3 is 9.88 Å². The molecule has 198 valence electrons. The highest BCUT2D eigenvalue weighted by Gasteiger charge is 2.30. The predicted molar refractivity (Wildman–Crippen MR) is 148 cm³/mol. The molecule has 0 bridgehead atoms. The molecule has 9 heteroatoms. The van der Waals surface area contributed by atoms with Crippen molar-refractivity contribution in [2.24, 2.45) is 5.92 Å². The van der Waals surface area contributed by atoms with E-state index in [2.05, 4.69) is 32.2 Å². The van der Waals surface area contributed by atoms with Gasteiger partial charge in [-0.3, -0.25) is 14.9 Å². The first-order valence-corrected chi connectivity index (χ1v) is 13.3. The van der Waals surface area contributed by atoms with Gasteiger partial charge >= 0.3 is 0 Å². The number of amides is 2.